The highest BCUT2D eigenvalue weighted by molar-refractivity contribution is 5.75. The van der Waals surface area contributed by atoms with E-state index >= 15 is 0 Å². The summed E-state index contributed by atoms with van der Waals surface area (Å²) in [4.78, 5) is 17.5. The van der Waals surface area contributed by atoms with Crippen LogP contribution in [0.25, 0.3) is 0 Å². The number of piperidine rings is 1. The number of nitrogens with zero attached hydrogens (tertiary/aromatic N) is 2. The number of nitrogens with one attached hydrogen (secondary N) is 1. The van der Waals surface area contributed by atoms with Gasteiger partial charge in [0.15, 0.2) is 11.5 Å². The van der Waals surface area contributed by atoms with Gasteiger partial charge in [0, 0.05) is 31.7 Å². The van der Waals surface area contributed by atoms with E-state index < -0.39 is 17.1 Å². The standard InChI is InChI=1S/C29H35N3O4/c1-31(16-18-5-3-2-4-6-18)27(34)30-21-11-12-29(35)23-15-20-9-10-22(33)25-24(20)28(29,26(21)36-25)13-14-32(23)17-19-7-8-19/h2-6,9-10,19,21,23,26,33,35H,7-8,11-17H2,1H3,(H,30,34)/t21?,23-,26?,28+,29-/m1/s1. The quantitative estimate of drug-likeness (QED) is 0.601. The minimum Gasteiger partial charge on any atom is -0.504 e. The molecule has 36 heavy (non-hydrogen) atoms. The Morgan fingerprint density at radius 1 is 1.17 bits per heavy atom. The van der Waals surface area contributed by atoms with Crippen LogP contribution in [0.15, 0.2) is 42.5 Å². The minimum atomic E-state index is -0.936. The first-order chi connectivity index (χ1) is 17.4. The first kappa shape index (κ1) is 22.4. The molecule has 3 fully saturated rings. The normalized spacial score (nSPS) is 34.0. The monoisotopic (exact) mass is 489 g/mol. The Kier molecular flexibility index (Phi) is 4.90. The number of rotatable bonds is 5. The summed E-state index contributed by atoms with van der Waals surface area (Å²) in [5.74, 6) is 1.40. The van der Waals surface area contributed by atoms with Gasteiger partial charge in [-0.2, -0.15) is 0 Å². The zero-order valence-corrected chi connectivity index (χ0v) is 20.8. The van der Waals surface area contributed by atoms with Crippen LogP contribution in [-0.4, -0.2) is 70.0 Å². The van der Waals surface area contributed by atoms with E-state index in [1.54, 1.807) is 18.0 Å². The van der Waals surface area contributed by atoms with Crippen molar-refractivity contribution < 1.29 is 19.7 Å². The average Bonchev–Trinajstić information content (AvgIpc) is 3.61. The molecule has 5 aliphatic rings. The lowest BCUT2D eigenvalue weighted by Gasteiger charge is -2.64. The number of hydrogen-bond donors (Lipinski definition) is 3. The number of urea groups is 1. The molecule has 5 atom stereocenters. The van der Waals surface area contributed by atoms with Crippen molar-refractivity contribution in [3.8, 4) is 11.5 Å². The number of aromatic hydroxyl groups is 1. The van der Waals surface area contributed by atoms with Crippen LogP contribution in [-0.2, 0) is 18.4 Å². The lowest BCUT2D eigenvalue weighted by Crippen LogP contribution is -2.78. The van der Waals surface area contributed by atoms with Gasteiger partial charge in [0.1, 0.15) is 6.10 Å². The molecule has 0 radical (unpaired) electrons. The van der Waals surface area contributed by atoms with Crippen molar-refractivity contribution in [2.24, 2.45) is 5.92 Å². The summed E-state index contributed by atoms with van der Waals surface area (Å²) < 4.78 is 6.55. The van der Waals surface area contributed by atoms with Crippen molar-refractivity contribution in [2.45, 2.75) is 74.3 Å². The number of likely N-dealkylation sites (tertiary alicyclic amines) is 1. The van der Waals surface area contributed by atoms with Crippen molar-refractivity contribution >= 4 is 6.03 Å². The predicted molar refractivity (Wildman–Crippen MR) is 135 cm³/mol. The molecule has 3 aliphatic carbocycles. The lowest BCUT2D eigenvalue weighted by atomic mass is 9.48. The molecule has 7 rings (SSSR count). The largest absolute Gasteiger partial charge is 0.504 e. The number of carbonyl (C=O) groups is 1. The van der Waals surface area contributed by atoms with E-state index in [0.29, 0.717) is 25.1 Å². The van der Waals surface area contributed by atoms with Crippen molar-refractivity contribution in [3.05, 3.63) is 59.2 Å². The maximum Gasteiger partial charge on any atom is 0.317 e. The van der Waals surface area contributed by atoms with E-state index in [0.717, 1.165) is 43.0 Å². The van der Waals surface area contributed by atoms with Gasteiger partial charge < -0.3 is 25.2 Å². The third-order valence-electron chi connectivity index (χ3n) is 9.68. The van der Waals surface area contributed by atoms with E-state index in [2.05, 4.69) is 10.2 Å². The van der Waals surface area contributed by atoms with Gasteiger partial charge in [0.2, 0.25) is 0 Å². The van der Waals surface area contributed by atoms with Crippen LogP contribution < -0.4 is 10.1 Å². The van der Waals surface area contributed by atoms with Gasteiger partial charge in [-0.1, -0.05) is 36.4 Å². The number of phenolic OH excluding ortho intramolecular Hbond substituents is 1. The molecule has 0 aromatic heterocycles. The molecular weight excluding hydrogens is 454 g/mol. The minimum absolute atomic E-state index is 0.0401. The smallest absolute Gasteiger partial charge is 0.317 e. The number of ether oxygens (including phenoxy) is 1. The Balaban J connectivity index is 1.21. The number of carbonyl (C=O) groups excluding carboxylic acids is 1. The van der Waals surface area contributed by atoms with E-state index in [1.165, 1.54) is 18.4 Å². The van der Waals surface area contributed by atoms with Crippen LogP contribution in [0.4, 0.5) is 4.79 Å². The second-order valence-corrected chi connectivity index (χ2v) is 11.7. The molecule has 2 unspecified atom stereocenters. The number of benzene rings is 2. The van der Waals surface area contributed by atoms with Gasteiger partial charge in [-0.05, 0) is 68.2 Å². The fourth-order valence-corrected chi connectivity index (χ4v) is 7.83. The summed E-state index contributed by atoms with van der Waals surface area (Å²) in [6, 6.07) is 13.4. The summed E-state index contributed by atoms with van der Waals surface area (Å²) in [5.41, 5.74) is 1.69. The summed E-state index contributed by atoms with van der Waals surface area (Å²) in [5, 5.41) is 26.6. The van der Waals surface area contributed by atoms with Crippen LogP contribution in [0, 0.1) is 5.92 Å². The highest BCUT2D eigenvalue weighted by Gasteiger charge is 2.73. The van der Waals surface area contributed by atoms with Gasteiger partial charge >= 0.3 is 6.03 Å². The van der Waals surface area contributed by atoms with E-state index in [1.807, 2.05) is 36.4 Å². The molecule has 2 amide bonds. The summed E-state index contributed by atoms with van der Waals surface area (Å²) in [6.45, 7) is 2.48. The summed E-state index contributed by atoms with van der Waals surface area (Å²) in [6.07, 6.45) is 4.98. The fourth-order valence-electron chi connectivity index (χ4n) is 7.83. The molecule has 1 spiro atoms. The van der Waals surface area contributed by atoms with E-state index in [-0.39, 0.29) is 23.9 Å². The van der Waals surface area contributed by atoms with Gasteiger partial charge in [-0.15, -0.1) is 0 Å². The second-order valence-electron chi connectivity index (χ2n) is 11.7. The molecule has 2 aromatic carbocycles. The molecule has 2 aliphatic heterocycles. The maximum atomic E-state index is 13.3. The second kappa shape index (κ2) is 7.86. The molecular formula is C29H35N3O4. The number of aliphatic hydroxyl groups is 1. The highest BCUT2D eigenvalue weighted by atomic mass is 16.5. The van der Waals surface area contributed by atoms with E-state index in [9.17, 15) is 15.0 Å². The average molecular weight is 490 g/mol. The van der Waals surface area contributed by atoms with Crippen LogP contribution in [0.5, 0.6) is 11.5 Å². The number of phenols is 1. The Bertz CT molecular complexity index is 1200. The third kappa shape index (κ3) is 3.08. The molecule has 2 bridgehead atoms. The number of amides is 2. The van der Waals surface area contributed by atoms with Crippen LogP contribution in [0.3, 0.4) is 0 Å². The zero-order valence-electron chi connectivity index (χ0n) is 20.8. The molecule has 2 saturated carbocycles. The molecule has 3 N–H and O–H groups in total. The molecule has 2 aromatic rings. The van der Waals surface area contributed by atoms with Crippen LogP contribution in [0.2, 0.25) is 0 Å². The number of hydrogen-bond acceptors (Lipinski definition) is 5. The first-order valence-corrected chi connectivity index (χ1v) is 13.4. The zero-order chi connectivity index (χ0) is 24.7. The Morgan fingerprint density at radius 3 is 2.75 bits per heavy atom. The first-order valence-electron chi connectivity index (χ1n) is 13.4. The van der Waals surface area contributed by atoms with Gasteiger partial charge in [-0.25, -0.2) is 4.79 Å². The molecule has 2 heterocycles. The third-order valence-corrected chi connectivity index (χ3v) is 9.68. The van der Waals surface area contributed by atoms with Gasteiger partial charge in [0.25, 0.3) is 0 Å². The summed E-state index contributed by atoms with van der Waals surface area (Å²) >= 11 is 0. The Labute approximate surface area is 212 Å². The van der Waals surface area contributed by atoms with Crippen LogP contribution >= 0.6 is 0 Å². The lowest BCUT2D eigenvalue weighted by molar-refractivity contribution is -0.191. The molecule has 190 valence electrons. The van der Waals surface area contributed by atoms with Crippen LogP contribution in [0.1, 0.15) is 48.8 Å². The Hall–Kier alpha value is -2.77. The topological polar surface area (TPSA) is 85.3 Å². The molecule has 7 nitrogen and oxygen atoms in total. The fraction of sp³-hybridized carbons (Fsp3) is 0.552. The Morgan fingerprint density at radius 2 is 1.97 bits per heavy atom. The van der Waals surface area contributed by atoms with Crippen molar-refractivity contribution in [3.63, 3.8) is 0 Å². The van der Waals surface area contributed by atoms with Gasteiger partial charge in [0.05, 0.1) is 17.1 Å². The van der Waals surface area contributed by atoms with Crippen molar-refractivity contribution in [1.82, 2.24) is 15.1 Å². The molecule has 7 heteroatoms. The molecule has 1 saturated heterocycles. The van der Waals surface area contributed by atoms with Crippen molar-refractivity contribution in [2.75, 3.05) is 20.1 Å². The van der Waals surface area contributed by atoms with Gasteiger partial charge in [-0.3, -0.25) is 4.90 Å². The maximum absolute atomic E-state index is 13.3. The SMILES string of the molecule is CN(Cc1ccccc1)C(=O)NC1CC[C@@]2(O)[C@H]3Cc4ccc(O)c5c4[C@@]2(CCN3CC2CC2)C1O5. The summed E-state index contributed by atoms with van der Waals surface area (Å²) in [7, 11) is 1.81. The van der Waals surface area contributed by atoms with Crippen molar-refractivity contribution in [1.29, 1.82) is 0 Å². The van der Waals surface area contributed by atoms with E-state index in [4.69, 9.17) is 4.74 Å². The predicted octanol–water partition coefficient (Wildman–Crippen LogP) is 3.17. The highest BCUT2D eigenvalue weighted by Crippen LogP contribution is 2.65.